The van der Waals surface area contributed by atoms with Crippen LogP contribution in [-0.2, 0) is 17.9 Å². The average molecular weight is 410 g/mol. The van der Waals surface area contributed by atoms with Crippen LogP contribution in [0.25, 0.3) is 0 Å². The molecule has 29 heavy (non-hydrogen) atoms. The summed E-state index contributed by atoms with van der Waals surface area (Å²) in [5, 5.41) is 15.7. The minimum absolute atomic E-state index is 0.000760. The number of carbonyl (C=O) groups excluding carboxylic acids is 1. The highest BCUT2D eigenvalue weighted by atomic mass is 32.2. The zero-order chi connectivity index (χ0) is 19.9. The maximum absolute atomic E-state index is 12.5. The molecule has 3 aromatic rings. The summed E-state index contributed by atoms with van der Waals surface area (Å²) >= 11 is 1.85. The number of nitrogens with zero attached hydrogens (tertiary/aromatic N) is 4. The number of para-hydroxylation sites is 2. The predicted molar refractivity (Wildman–Crippen MR) is 112 cm³/mol. The quantitative estimate of drug-likeness (QED) is 0.607. The Balaban J connectivity index is 1.31. The van der Waals surface area contributed by atoms with E-state index in [1.165, 1.54) is 30.5 Å². The Bertz CT molecular complexity index is 941. The number of aromatic nitrogens is 4. The fourth-order valence-corrected chi connectivity index (χ4v) is 4.57. The van der Waals surface area contributed by atoms with Crippen LogP contribution in [0.4, 0.5) is 5.69 Å². The molecule has 2 aromatic carbocycles. The molecule has 0 atom stereocenters. The number of hydrogen-bond acceptors (Lipinski definition) is 6. The van der Waals surface area contributed by atoms with Gasteiger partial charge in [0.05, 0.1) is 5.69 Å². The molecule has 0 saturated heterocycles. The van der Waals surface area contributed by atoms with Gasteiger partial charge in [-0.3, -0.25) is 4.79 Å². The summed E-state index contributed by atoms with van der Waals surface area (Å²) in [6.45, 7) is 0.202. The molecule has 0 radical (unpaired) electrons. The Morgan fingerprint density at radius 1 is 1.10 bits per heavy atom. The fourth-order valence-electron chi connectivity index (χ4n) is 3.24. The second-order valence-electron chi connectivity index (χ2n) is 6.91. The summed E-state index contributed by atoms with van der Waals surface area (Å²) in [7, 11) is 0. The largest absolute Gasteiger partial charge is 0.485 e. The average Bonchev–Trinajstić information content (AvgIpc) is 3.41. The lowest BCUT2D eigenvalue weighted by Gasteiger charge is -2.13. The Kier molecular flexibility index (Phi) is 6.41. The second-order valence-corrected chi connectivity index (χ2v) is 8.25. The van der Waals surface area contributed by atoms with Gasteiger partial charge in [0.15, 0.2) is 6.61 Å². The van der Waals surface area contributed by atoms with Gasteiger partial charge in [0.25, 0.3) is 0 Å². The van der Waals surface area contributed by atoms with Gasteiger partial charge in [-0.25, -0.2) is 0 Å². The normalized spacial score (nSPS) is 14.1. The Labute approximate surface area is 173 Å². The van der Waals surface area contributed by atoms with Gasteiger partial charge in [0.1, 0.15) is 12.3 Å². The van der Waals surface area contributed by atoms with Gasteiger partial charge in [-0.05, 0) is 42.3 Å². The molecule has 1 aromatic heterocycles. The molecule has 4 rings (SSSR count). The van der Waals surface area contributed by atoms with Crippen LogP contribution in [0.2, 0.25) is 0 Å². The van der Waals surface area contributed by atoms with Crippen molar-refractivity contribution in [2.75, 3.05) is 5.32 Å². The van der Waals surface area contributed by atoms with E-state index in [0.717, 1.165) is 16.3 Å². The van der Waals surface area contributed by atoms with Gasteiger partial charge in [-0.1, -0.05) is 43.2 Å². The number of anilines is 1. The van der Waals surface area contributed by atoms with Gasteiger partial charge < -0.3 is 10.1 Å². The van der Waals surface area contributed by atoms with Gasteiger partial charge >= 0.3 is 0 Å². The number of benzene rings is 2. The van der Waals surface area contributed by atoms with Crippen LogP contribution < -0.4 is 10.1 Å². The number of hydrogen-bond donors (Lipinski definition) is 1. The van der Waals surface area contributed by atoms with Gasteiger partial charge in [0, 0.05) is 10.1 Å². The third kappa shape index (κ3) is 5.57. The van der Waals surface area contributed by atoms with E-state index < -0.39 is 0 Å². The third-order valence-corrected chi connectivity index (χ3v) is 6.06. The van der Waals surface area contributed by atoms with Crippen molar-refractivity contribution in [3.05, 3.63) is 60.4 Å². The minimum Gasteiger partial charge on any atom is -0.485 e. The van der Waals surface area contributed by atoms with Crippen LogP contribution in [0.5, 0.6) is 5.75 Å². The van der Waals surface area contributed by atoms with E-state index in [-0.39, 0.29) is 19.1 Å². The van der Waals surface area contributed by atoms with E-state index in [1.807, 2.05) is 60.3 Å². The molecule has 7 nitrogen and oxygen atoms in total. The summed E-state index contributed by atoms with van der Waals surface area (Å²) in [6, 6.07) is 17.4. The zero-order valence-corrected chi connectivity index (χ0v) is 16.8. The Morgan fingerprint density at radius 3 is 2.69 bits per heavy atom. The molecule has 0 spiro atoms. The highest BCUT2D eigenvalue weighted by molar-refractivity contribution is 8.00. The first-order valence-corrected chi connectivity index (χ1v) is 10.6. The van der Waals surface area contributed by atoms with E-state index in [2.05, 4.69) is 26.8 Å². The lowest BCUT2D eigenvalue weighted by atomic mass is 10.3. The standard InChI is InChI=1S/C21H23N5O2S/c27-21(22-18-12-6-7-13-19(18)29-17-10-4-5-11-17)14-26-24-20(23-25-26)15-28-16-8-2-1-3-9-16/h1-3,6-9,12-13,17H,4-5,10-11,14-15H2,(H,22,27). The van der Waals surface area contributed by atoms with E-state index in [0.29, 0.717) is 11.1 Å². The smallest absolute Gasteiger partial charge is 0.248 e. The fraction of sp³-hybridized carbons (Fsp3) is 0.333. The van der Waals surface area contributed by atoms with Crippen molar-refractivity contribution in [1.82, 2.24) is 20.2 Å². The van der Waals surface area contributed by atoms with E-state index in [4.69, 9.17) is 4.74 Å². The summed E-state index contributed by atoms with van der Waals surface area (Å²) in [6.07, 6.45) is 5.06. The zero-order valence-electron chi connectivity index (χ0n) is 16.0. The number of carbonyl (C=O) groups is 1. The number of tetrazole rings is 1. The Hall–Kier alpha value is -2.87. The first kappa shape index (κ1) is 19.4. The van der Waals surface area contributed by atoms with Crippen molar-refractivity contribution < 1.29 is 9.53 Å². The van der Waals surface area contributed by atoms with Crippen LogP contribution in [0.15, 0.2) is 59.5 Å². The predicted octanol–water partition coefficient (Wildman–Crippen LogP) is 3.93. The van der Waals surface area contributed by atoms with E-state index in [9.17, 15) is 4.79 Å². The summed E-state index contributed by atoms with van der Waals surface area (Å²) in [5.41, 5.74) is 0.835. The molecule has 1 aliphatic rings. The minimum atomic E-state index is -0.183. The van der Waals surface area contributed by atoms with Crippen molar-refractivity contribution in [1.29, 1.82) is 0 Å². The van der Waals surface area contributed by atoms with Crippen molar-refractivity contribution in [3.8, 4) is 5.75 Å². The molecule has 0 bridgehead atoms. The number of rotatable bonds is 8. The molecular weight excluding hydrogens is 386 g/mol. The molecule has 1 N–H and O–H groups in total. The first-order chi connectivity index (χ1) is 14.3. The van der Waals surface area contributed by atoms with E-state index in [1.54, 1.807) is 0 Å². The van der Waals surface area contributed by atoms with Crippen molar-refractivity contribution in [2.24, 2.45) is 0 Å². The van der Waals surface area contributed by atoms with Gasteiger partial charge in [-0.2, -0.15) is 4.80 Å². The summed E-state index contributed by atoms with van der Waals surface area (Å²) < 4.78 is 5.60. The monoisotopic (exact) mass is 409 g/mol. The van der Waals surface area contributed by atoms with E-state index >= 15 is 0 Å². The molecular formula is C21H23N5O2S. The molecule has 1 saturated carbocycles. The second kappa shape index (κ2) is 9.56. The lowest BCUT2D eigenvalue weighted by Crippen LogP contribution is -2.21. The highest BCUT2D eigenvalue weighted by Gasteiger charge is 2.18. The summed E-state index contributed by atoms with van der Waals surface area (Å²) in [4.78, 5) is 14.9. The number of nitrogens with one attached hydrogen (secondary N) is 1. The topological polar surface area (TPSA) is 81.9 Å². The van der Waals surface area contributed by atoms with Crippen LogP contribution in [0.1, 0.15) is 31.5 Å². The molecule has 1 fully saturated rings. The number of thioether (sulfide) groups is 1. The molecule has 150 valence electrons. The molecule has 0 aliphatic heterocycles. The van der Waals surface area contributed by atoms with Crippen molar-refractivity contribution >= 4 is 23.4 Å². The molecule has 1 heterocycles. The summed E-state index contributed by atoms with van der Waals surface area (Å²) in [5.74, 6) is 0.981. The van der Waals surface area contributed by atoms with Crippen molar-refractivity contribution in [3.63, 3.8) is 0 Å². The number of ether oxygens (including phenoxy) is 1. The first-order valence-electron chi connectivity index (χ1n) is 9.76. The van der Waals surface area contributed by atoms with Crippen LogP contribution in [0.3, 0.4) is 0 Å². The van der Waals surface area contributed by atoms with Crippen LogP contribution in [-0.4, -0.2) is 31.4 Å². The molecule has 1 amide bonds. The van der Waals surface area contributed by atoms with Crippen LogP contribution >= 0.6 is 11.8 Å². The van der Waals surface area contributed by atoms with Gasteiger partial charge in [-0.15, -0.1) is 22.0 Å². The maximum atomic E-state index is 12.5. The molecule has 8 heteroatoms. The molecule has 0 unspecified atom stereocenters. The third-order valence-electron chi connectivity index (χ3n) is 4.65. The molecule has 1 aliphatic carbocycles. The van der Waals surface area contributed by atoms with Crippen molar-refractivity contribution in [2.45, 2.75) is 49.0 Å². The highest BCUT2D eigenvalue weighted by Crippen LogP contribution is 2.37. The lowest BCUT2D eigenvalue weighted by molar-refractivity contribution is -0.117. The number of amides is 1. The van der Waals surface area contributed by atoms with Gasteiger partial charge in [0.2, 0.25) is 11.7 Å². The van der Waals surface area contributed by atoms with Crippen LogP contribution in [0, 0.1) is 0 Å². The maximum Gasteiger partial charge on any atom is 0.248 e. The Morgan fingerprint density at radius 2 is 1.86 bits per heavy atom. The SMILES string of the molecule is O=C(Cn1nnc(COc2ccccc2)n1)Nc1ccccc1SC1CCCC1.